The third-order valence-electron chi connectivity index (χ3n) is 6.71. The number of benzene rings is 2. The maximum Gasteiger partial charge on any atom is 0.191 e. The van der Waals surface area contributed by atoms with E-state index in [-0.39, 0.29) is 5.04 Å². The number of hydrogen-bond acceptors (Lipinski definition) is 2. The van der Waals surface area contributed by atoms with Gasteiger partial charge < -0.3 is 4.43 Å². The number of likely N-dealkylation sites (tertiary alicyclic amines) is 1. The molecule has 2 aromatic rings. The quantitative estimate of drug-likeness (QED) is 0.533. The van der Waals surface area contributed by atoms with Crippen molar-refractivity contribution in [1.29, 1.82) is 0 Å². The minimum Gasteiger partial charge on any atom is -0.416 e. The molecule has 152 valence electrons. The van der Waals surface area contributed by atoms with Gasteiger partial charge in [-0.25, -0.2) is 0 Å². The molecular formula is C25H37NOSi. The van der Waals surface area contributed by atoms with E-state index >= 15 is 0 Å². The van der Waals surface area contributed by atoms with Crippen LogP contribution < -0.4 is 0 Å². The molecule has 1 aliphatic rings. The standard InChI is InChI=1S/C25H37NOSi/c1-25(2,3)28(4,5)27-20-24-19-26(17-22-14-10-7-11-15-22)18-23(24)16-21-12-8-6-9-13-21/h6-15,23-24H,16-20H2,1-5H3. The van der Waals surface area contributed by atoms with Crippen LogP contribution in [0.4, 0.5) is 0 Å². The smallest absolute Gasteiger partial charge is 0.191 e. The van der Waals surface area contributed by atoms with Crippen LogP contribution >= 0.6 is 0 Å². The van der Waals surface area contributed by atoms with E-state index in [1.54, 1.807) is 0 Å². The highest BCUT2D eigenvalue weighted by Gasteiger charge is 2.40. The molecule has 1 heterocycles. The zero-order valence-electron chi connectivity index (χ0n) is 18.3. The summed E-state index contributed by atoms with van der Waals surface area (Å²) in [5.41, 5.74) is 2.86. The van der Waals surface area contributed by atoms with Crippen LogP contribution in [0.25, 0.3) is 0 Å². The summed E-state index contributed by atoms with van der Waals surface area (Å²) in [6.07, 6.45) is 1.15. The highest BCUT2D eigenvalue weighted by molar-refractivity contribution is 6.74. The zero-order valence-corrected chi connectivity index (χ0v) is 19.3. The molecule has 2 atom stereocenters. The second-order valence-corrected chi connectivity index (χ2v) is 14.8. The highest BCUT2D eigenvalue weighted by atomic mass is 28.4. The summed E-state index contributed by atoms with van der Waals surface area (Å²) in [5.74, 6) is 1.27. The Morgan fingerprint density at radius 2 is 1.39 bits per heavy atom. The first-order valence-corrected chi connectivity index (χ1v) is 13.6. The molecule has 2 nitrogen and oxygen atoms in total. The molecule has 0 radical (unpaired) electrons. The van der Waals surface area contributed by atoms with E-state index in [0.717, 1.165) is 32.7 Å². The third kappa shape index (κ3) is 5.56. The van der Waals surface area contributed by atoms with Crippen LogP contribution in [0.5, 0.6) is 0 Å². The average molecular weight is 396 g/mol. The average Bonchev–Trinajstić information content (AvgIpc) is 3.02. The van der Waals surface area contributed by atoms with Crippen molar-refractivity contribution in [2.45, 2.75) is 51.9 Å². The van der Waals surface area contributed by atoms with Crippen molar-refractivity contribution >= 4 is 8.32 Å². The number of rotatable bonds is 7. The fourth-order valence-electron chi connectivity index (χ4n) is 3.88. The van der Waals surface area contributed by atoms with Crippen molar-refractivity contribution in [3.05, 3.63) is 71.8 Å². The van der Waals surface area contributed by atoms with Gasteiger partial charge in [0.25, 0.3) is 0 Å². The molecule has 2 aromatic carbocycles. The Balaban J connectivity index is 1.68. The summed E-state index contributed by atoms with van der Waals surface area (Å²) in [6.45, 7) is 16.0. The van der Waals surface area contributed by atoms with Crippen LogP contribution in [0.3, 0.4) is 0 Å². The fourth-order valence-corrected chi connectivity index (χ4v) is 4.94. The van der Waals surface area contributed by atoms with Crippen LogP contribution in [-0.2, 0) is 17.4 Å². The molecule has 28 heavy (non-hydrogen) atoms. The van der Waals surface area contributed by atoms with Crippen molar-refractivity contribution in [1.82, 2.24) is 4.90 Å². The highest BCUT2D eigenvalue weighted by Crippen LogP contribution is 2.38. The second kappa shape index (κ2) is 8.94. The summed E-state index contributed by atoms with van der Waals surface area (Å²) in [6, 6.07) is 21.8. The molecular weight excluding hydrogens is 358 g/mol. The molecule has 3 rings (SSSR count). The number of hydrogen-bond donors (Lipinski definition) is 0. The van der Waals surface area contributed by atoms with Crippen molar-refractivity contribution in [2.75, 3.05) is 19.7 Å². The van der Waals surface area contributed by atoms with Crippen molar-refractivity contribution in [2.24, 2.45) is 11.8 Å². The van der Waals surface area contributed by atoms with Gasteiger partial charge in [-0.15, -0.1) is 0 Å². The largest absolute Gasteiger partial charge is 0.416 e. The summed E-state index contributed by atoms with van der Waals surface area (Å²) in [5, 5.41) is 0.268. The normalized spacial score (nSPS) is 21.2. The summed E-state index contributed by atoms with van der Waals surface area (Å²) in [4.78, 5) is 2.63. The lowest BCUT2D eigenvalue weighted by atomic mass is 9.90. The Labute approximate surface area is 173 Å². The van der Waals surface area contributed by atoms with Gasteiger partial charge in [0, 0.05) is 26.2 Å². The van der Waals surface area contributed by atoms with Gasteiger partial charge in [-0.2, -0.15) is 0 Å². The lowest BCUT2D eigenvalue weighted by Gasteiger charge is -2.37. The van der Waals surface area contributed by atoms with Gasteiger partial charge >= 0.3 is 0 Å². The zero-order chi connectivity index (χ0) is 20.2. The van der Waals surface area contributed by atoms with Crippen LogP contribution in [-0.4, -0.2) is 32.9 Å². The molecule has 1 saturated heterocycles. The SMILES string of the molecule is CC(C)(C)[Si](C)(C)OCC1CN(Cc2ccccc2)CC1Cc1ccccc1. The first-order chi connectivity index (χ1) is 13.2. The second-order valence-electron chi connectivity index (χ2n) is 9.96. The van der Waals surface area contributed by atoms with Crippen LogP contribution in [0.15, 0.2) is 60.7 Å². The molecule has 0 saturated carbocycles. The van der Waals surface area contributed by atoms with E-state index in [4.69, 9.17) is 4.43 Å². The van der Waals surface area contributed by atoms with E-state index in [1.165, 1.54) is 11.1 Å². The van der Waals surface area contributed by atoms with Gasteiger partial charge in [0.05, 0.1) is 0 Å². The van der Waals surface area contributed by atoms with Gasteiger partial charge in [-0.3, -0.25) is 4.90 Å². The van der Waals surface area contributed by atoms with Crippen molar-refractivity contribution in [3.8, 4) is 0 Å². The first-order valence-electron chi connectivity index (χ1n) is 10.7. The minimum atomic E-state index is -1.71. The molecule has 1 aliphatic heterocycles. The Morgan fingerprint density at radius 3 is 1.96 bits per heavy atom. The third-order valence-corrected chi connectivity index (χ3v) is 11.2. The molecule has 0 bridgehead atoms. The summed E-state index contributed by atoms with van der Waals surface area (Å²) < 4.78 is 6.66. The van der Waals surface area contributed by atoms with Crippen LogP contribution in [0, 0.1) is 11.8 Å². The summed E-state index contributed by atoms with van der Waals surface area (Å²) >= 11 is 0. The Kier molecular flexibility index (Phi) is 6.80. The van der Waals surface area contributed by atoms with E-state index < -0.39 is 8.32 Å². The maximum atomic E-state index is 6.66. The predicted octanol–water partition coefficient (Wildman–Crippen LogP) is 6.00. The lowest BCUT2D eigenvalue weighted by molar-refractivity contribution is 0.202. The lowest BCUT2D eigenvalue weighted by Crippen LogP contribution is -2.42. The van der Waals surface area contributed by atoms with Gasteiger partial charge in [0.2, 0.25) is 0 Å². The molecule has 0 spiro atoms. The summed E-state index contributed by atoms with van der Waals surface area (Å²) in [7, 11) is -1.71. The Morgan fingerprint density at radius 1 is 0.857 bits per heavy atom. The van der Waals surface area contributed by atoms with Gasteiger partial charge in [-0.1, -0.05) is 81.4 Å². The monoisotopic (exact) mass is 395 g/mol. The molecule has 0 aliphatic carbocycles. The number of nitrogens with zero attached hydrogens (tertiary/aromatic N) is 1. The van der Waals surface area contributed by atoms with Gasteiger partial charge in [0.1, 0.15) is 0 Å². The predicted molar refractivity (Wildman–Crippen MR) is 122 cm³/mol. The van der Waals surface area contributed by atoms with Crippen LogP contribution in [0.2, 0.25) is 18.1 Å². The molecule has 2 unspecified atom stereocenters. The van der Waals surface area contributed by atoms with E-state index in [1.807, 2.05) is 0 Å². The van der Waals surface area contributed by atoms with Gasteiger partial charge in [-0.05, 0) is 47.5 Å². The fraction of sp³-hybridized carbons (Fsp3) is 0.520. The van der Waals surface area contributed by atoms with Crippen molar-refractivity contribution < 1.29 is 4.43 Å². The van der Waals surface area contributed by atoms with Crippen LogP contribution in [0.1, 0.15) is 31.9 Å². The van der Waals surface area contributed by atoms with Gasteiger partial charge in [0.15, 0.2) is 8.32 Å². The minimum absolute atomic E-state index is 0.268. The van der Waals surface area contributed by atoms with E-state index in [2.05, 4.69) is 99.4 Å². The van der Waals surface area contributed by atoms with E-state index in [9.17, 15) is 0 Å². The molecule has 0 amide bonds. The Hall–Kier alpha value is -1.42. The topological polar surface area (TPSA) is 12.5 Å². The molecule has 0 N–H and O–H groups in total. The molecule has 3 heteroatoms. The molecule has 0 aromatic heterocycles. The maximum absolute atomic E-state index is 6.66. The molecule has 1 fully saturated rings. The Bertz CT molecular complexity index is 723. The van der Waals surface area contributed by atoms with Crippen molar-refractivity contribution in [3.63, 3.8) is 0 Å². The first kappa shape index (κ1) is 21.3. The van der Waals surface area contributed by atoms with E-state index in [0.29, 0.717) is 11.8 Å².